The molecule has 5 rings (SSSR count). The van der Waals surface area contributed by atoms with Crippen LogP contribution in [0.5, 0.6) is 0 Å². The Kier molecular flexibility index (Phi) is 7.25. The summed E-state index contributed by atoms with van der Waals surface area (Å²) in [6, 6.07) is 26.4. The van der Waals surface area contributed by atoms with Crippen LogP contribution >= 0.6 is 23.1 Å². The second-order valence-electron chi connectivity index (χ2n) is 8.47. The Morgan fingerprint density at radius 1 is 0.917 bits per heavy atom. The van der Waals surface area contributed by atoms with Crippen LogP contribution in [0, 0.1) is 13.8 Å². The SMILES string of the molecule is Cc1ccc(NC(=O)c2csc(CSc3nnc(Cc4ccccc4)n3-c3ccc(C)cc3)n2)cc1. The van der Waals surface area contributed by atoms with Gasteiger partial charge in [-0.05, 0) is 43.7 Å². The minimum absolute atomic E-state index is 0.209. The van der Waals surface area contributed by atoms with Gasteiger partial charge in [0.05, 0.1) is 5.75 Å². The van der Waals surface area contributed by atoms with E-state index in [1.54, 1.807) is 17.1 Å². The number of benzene rings is 3. The molecule has 0 saturated heterocycles. The highest BCUT2D eigenvalue weighted by atomic mass is 32.2. The van der Waals surface area contributed by atoms with Gasteiger partial charge in [-0.2, -0.15) is 0 Å². The summed E-state index contributed by atoms with van der Waals surface area (Å²) in [5.41, 5.74) is 5.72. The van der Waals surface area contributed by atoms with Crippen LogP contribution in [0.3, 0.4) is 0 Å². The smallest absolute Gasteiger partial charge is 0.275 e. The summed E-state index contributed by atoms with van der Waals surface area (Å²) >= 11 is 3.04. The van der Waals surface area contributed by atoms with E-state index in [0.29, 0.717) is 17.9 Å². The molecule has 0 aliphatic carbocycles. The van der Waals surface area contributed by atoms with Gasteiger partial charge in [-0.15, -0.1) is 21.5 Å². The van der Waals surface area contributed by atoms with Crippen LogP contribution in [0.15, 0.2) is 89.4 Å². The normalized spacial score (nSPS) is 10.9. The van der Waals surface area contributed by atoms with Gasteiger partial charge in [0.15, 0.2) is 5.16 Å². The molecule has 5 aromatic rings. The number of nitrogens with zero attached hydrogens (tertiary/aromatic N) is 4. The van der Waals surface area contributed by atoms with Crippen LogP contribution in [-0.2, 0) is 12.2 Å². The summed E-state index contributed by atoms with van der Waals surface area (Å²) in [5, 5.41) is 15.4. The third kappa shape index (κ3) is 5.72. The van der Waals surface area contributed by atoms with Crippen molar-refractivity contribution < 1.29 is 4.79 Å². The molecule has 180 valence electrons. The van der Waals surface area contributed by atoms with Crippen LogP contribution in [0.4, 0.5) is 5.69 Å². The fraction of sp³-hybridized carbons (Fsp3) is 0.143. The lowest BCUT2D eigenvalue weighted by Gasteiger charge is -2.10. The van der Waals surface area contributed by atoms with Crippen molar-refractivity contribution in [1.82, 2.24) is 19.7 Å². The molecule has 0 atom stereocenters. The highest BCUT2D eigenvalue weighted by Crippen LogP contribution is 2.28. The van der Waals surface area contributed by atoms with Gasteiger partial charge in [0.1, 0.15) is 16.5 Å². The number of anilines is 1. The summed E-state index contributed by atoms with van der Waals surface area (Å²) < 4.78 is 2.11. The molecule has 1 N–H and O–H groups in total. The van der Waals surface area contributed by atoms with Crippen molar-refractivity contribution in [2.24, 2.45) is 0 Å². The van der Waals surface area contributed by atoms with Crippen LogP contribution in [0.2, 0.25) is 0 Å². The number of hydrogen-bond acceptors (Lipinski definition) is 6. The topological polar surface area (TPSA) is 72.7 Å². The minimum atomic E-state index is -0.209. The standard InChI is InChI=1S/C28H25N5OS2/c1-19-8-12-22(13-9-19)29-27(34)24-17-35-26(30-24)18-36-28-32-31-25(16-21-6-4-3-5-7-21)33(28)23-14-10-20(2)11-15-23/h3-15,17H,16,18H2,1-2H3,(H,29,34). The summed E-state index contributed by atoms with van der Waals surface area (Å²) in [5.74, 6) is 1.27. The highest BCUT2D eigenvalue weighted by molar-refractivity contribution is 7.98. The molecular formula is C28H25N5OS2. The molecule has 0 saturated carbocycles. The van der Waals surface area contributed by atoms with Gasteiger partial charge in [0.25, 0.3) is 5.91 Å². The lowest BCUT2D eigenvalue weighted by atomic mass is 10.1. The molecule has 0 fully saturated rings. The van der Waals surface area contributed by atoms with Crippen molar-refractivity contribution in [2.45, 2.75) is 31.2 Å². The number of nitrogens with one attached hydrogen (secondary N) is 1. The maximum absolute atomic E-state index is 12.6. The van der Waals surface area contributed by atoms with Crippen molar-refractivity contribution in [2.75, 3.05) is 5.32 Å². The van der Waals surface area contributed by atoms with Crippen LogP contribution in [0.1, 0.15) is 38.0 Å². The quantitative estimate of drug-likeness (QED) is 0.242. The summed E-state index contributed by atoms with van der Waals surface area (Å²) in [7, 11) is 0. The molecule has 1 amide bonds. The number of thiazole rings is 1. The van der Waals surface area contributed by atoms with Gasteiger partial charge in [-0.3, -0.25) is 9.36 Å². The Balaban J connectivity index is 1.32. The van der Waals surface area contributed by atoms with Gasteiger partial charge in [0, 0.05) is 23.2 Å². The van der Waals surface area contributed by atoms with Crippen molar-refractivity contribution in [3.05, 3.63) is 117 Å². The maximum atomic E-state index is 12.6. The first-order valence-electron chi connectivity index (χ1n) is 11.6. The molecule has 0 unspecified atom stereocenters. The Morgan fingerprint density at radius 3 is 2.33 bits per heavy atom. The number of hydrogen-bond donors (Lipinski definition) is 1. The van der Waals surface area contributed by atoms with Gasteiger partial charge >= 0.3 is 0 Å². The lowest BCUT2D eigenvalue weighted by molar-refractivity contribution is 0.102. The van der Waals surface area contributed by atoms with E-state index < -0.39 is 0 Å². The zero-order valence-corrected chi connectivity index (χ0v) is 21.6. The number of amides is 1. The van der Waals surface area contributed by atoms with Gasteiger partial charge in [0.2, 0.25) is 0 Å². The third-order valence-corrected chi connectivity index (χ3v) is 7.59. The molecule has 2 heterocycles. The number of carbonyl (C=O) groups excluding carboxylic acids is 1. The molecule has 8 heteroatoms. The maximum Gasteiger partial charge on any atom is 0.275 e. The minimum Gasteiger partial charge on any atom is -0.321 e. The Morgan fingerprint density at radius 2 is 1.61 bits per heavy atom. The van der Waals surface area contributed by atoms with Crippen LogP contribution in [-0.4, -0.2) is 25.7 Å². The highest BCUT2D eigenvalue weighted by Gasteiger charge is 2.17. The van der Waals surface area contributed by atoms with Crippen molar-refractivity contribution in [1.29, 1.82) is 0 Å². The molecular weight excluding hydrogens is 486 g/mol. The fourth-order valence-corrected chi connectivity index (χ4v) is 5.44. The molecule has 0 radical (unpaired) electrons. The van der Waals surface area contributed by atoms with Gasteiger partial charge < -0.3 is 5.32 Å². The van der Waals surface area contributed by atoms with Crippen LogP contribution in [0.25, 0.3) is 5.69 Å². The Labute approximate surface area is 218 Å². The van der Waals surface area contributed by atoms with Gasteiger partial charge in [-0.1, -0.05) is 77.5 Å². The van der Waals surface area contributed by atoms with Crippen molar-refractivity contribution >= 4 is 34.7 Å². The third-order valence-electron chi connectivity index (χ3n) is 5.62. The molecule has 36 heavy (non-hydrogen) atoms. The van der Waals surface area contributed by atoms with Gasteiger partial charge in [-0.25, -0.2) is 4.98 Å². The molecule has 6 nitrogen and oxygen atoms in total. The van der Waals surface area contributed by atoms with E-state index in [1.165, 1.54) is 22.5 Å². The average molecular weight is 512 g/mol. The first-order chi connectivity index (χ1) is 17.5. The number of rotatable bonds is 8. The second-order valence-corrected chi connectivity index (χ2v) is 10.4. The average Bonchev–Trinajstić information content (AvgIpc) is 3.53. The predicted octanol–water partition coefficient (Wildman–Crippen LogP) is 6.48. The van der Waals surface area contributed by atoms with E-state index >= 15 is 0 Å². The van der Waals surface area contributed by atoms with E-state index in [1.807, 2.05) is 49.4 Å². The first kappa shape index (κ1) is 24.0. The zero-order chi connectivity index (χ0) is 24.9. The number of thioether (sulfide) groups is 1. The Bertz CT molecular complexity index is 1460. The van der Waals surface area contributed by atoms with Crippen LogP contribution < -0.4 is 5.32 Å². The molecule has 2 aromatic heterocycles. The summed E-state index contributed by atoms with van der Waals surface area (Å²) in [6.45, 7) is 4.09. The molecule has 0 aliphatic heterocycles. The molecule has 0 aliphatic rings. The van der Waals surface area contributed by atoms with E-state index in [0.717, 1.165) is 32.9 Å². The fourth-order valence-electron chi connectivity index (χ4n) is 3.68. The zero-order valence-electron chi connectivity index (χ0n) is 20.0. The molecule has 3 aromatic carbocycles. The Hall–Kier alpha value is -3.75. The van der Waals surface area contributed by atoms with E-state index in [2.05, 4.69) is 68.4 Å². The van der Waals surface area contributed by atoms with E-state index in [9.17, 15) is 4.79 Å². The largest absolute Gasteiger partial charge is 0.321 e. The van der Waals surface area contributed by atoms with Crippen molar-refractivity contribution in [3.8, 4) is 5.69 Å². The second kappa shape index (κ2) is 10.9. The monoisotopic (exact) mass is 511 g/mol. The summed E-state index contributed by atoms with van der Waals surface area (Å²) in [6.07, 6.45) is 0.683. The number of carbonyl (C=O) groups is 1. The molecule has 0 spiro atoms. The van der Waals surface area contributed by atoms with E-state index in [-0.39, 0.29) is 5.91 Å². The number of aryl methyl sites for hydroxylation is 2. The van der Waals surface area contributed by atoms with Crippen molar-refractivity contribution in [3.63, 3.8) is 0 Å². The first-order valence-corrected chi connectivity index (χ1v) is 13.4. The molecule has 0 bridgehead atoms. The van der Waals surface area contributed by atoms with E-state index in [4.69, 9.17) is 0 Å². The lowest BCUT2D eigenvalue weighted by Crippen LogP contribution is -2.12. The summed E-state index contributed by atoms with van der Waals surface area (Å²) in [4.78, 5) is 17.2. The number of aromatic nitrogens is 4. The predicted molar refractivity (Wildman–Crippen MR) is 146 cm³/mol.